The minimum atomic E-state index is -0.910. The highest BCUT2D eigenvalue weighted by Gasteiger charge is 2.46. The number of aryl methyl sites for hydroxylation is 1. The fourth-order valence-corrected chi connectivity index (χ4v) is 4.18. The topological polar surface area (TPSA) is 98.2 Å². The van der Waals surface area contributed by atoms with Gasteiger partial charge in [0.05, 0.1) is 45.2 Å². The lowest BCUT2D eigenvalue weighted by Crippen LogP contribution is -2.29. The zero-order valence-corrected chi connectivity index (χ0v) is 19.9. The number of ether oxygens (including phenoxy) is 3. The first-order valence-corrected chi connectivity index (χ1v) is 10.9. The lowest BCUT2D eigenvalue weighted by Gasteiger charge is -2.26. The van der Waals surface area contributed by atoms with Crippen LogP contribution in [0, 0.1) is 6.92 Å². The van der Waals surface area contributed by atoms with E-state index in [9.17, 15) is 14.7 Å². The molecule has 1 unspecified atom stereocenters. The molecule has 0 bridgehead atoms. The van der Waals surface area contributed by atoms with Crippen LogP contribution in [0.15, 0.2) is 66.4 Å². The maximum atomic E-state index is 13.3. The third kappa shape index (κ3) is 4.42. The number of Topliss-reactive ketones (excluding diaryl/α,β-unsaturated/α-hetero) is 1. The number of hydrogen-bond acceptors (Lipinski definition) is 7. The molecule has 0 aliphatic carbocycles. The van der Waals surface area contributed by atoms with E-state index >= 15 is 0 Å². The van der Waals surface area contributed by atoms with Gasteiger partial charge >= 0.3 is 0 Å². The Morgan fingerprint density at radius 2 is 1.63 bits per heavy atom. The van der Waals surface area contributed by atoms with Crippen molar-refractivity contribution in [3.63, 3.8) is 0 Å². The van der Waals surface area contributed by atoms with Gasteiger partial charge in [-0.05, 0) is 36.8 Å². The van der Waals surface area contributed by atoms with Gasteiger partial charge in [-0.15, -0.1) is 0 Å². The van der Waals surface area contributed by atoms with E-state index in [0.717, 1.165) is 5.56 Å². The third-order valence-electron chi connectivity index (χ3n) is 5.93. The standard InChI is InChI=1S/C27H26N2O6/c1-16-8-10-17(11-9-16)24(30)22-23(18-13-20(33-2)26(35-4)21(14-18)34-3)29(27(32)25(22)31)15-19-7-5-6-12-28-19/h5-14,23,30H,15H2,1-4H3/b24-22+. The number of rotatable bonds is 7. The largest absolute Gasteiger partial charge is 0.507 e. The lowest BCUT2D eigenvalue weighted by molar-refractivity contribution is -0.140. The summed E-state index contributed by atoms with van der Waals surface area (Å²) in [5.74, 6) is -0.674. The van der Waals surface area contributed by atoms with E-state index in [-0.39, 0.29) is 17.9 Å². The van der Waals surface area contributed by atoms with Gasteiger partial charge in [0.1, 0.15) is 5.76 Å². The van der Waals surface area contributed by atoms with E-state index in [2.05, 4.69) is 4.98 Å². The first kappa shape index (κ1) is 23.8. The molecular formula is C27H26N2O6. The Balaban J connectivity index is 1.94. The van der Waals surface area contributed by atoms with Crippen molar-refractivity contribution in [3.8, 4) is 17.2 Å². The molecule has 1 N–H and O–H groups in total. The first-order valence-electron chi connectivity index (χ1n) is 10.9. The number of hydrogen-bond donors (Lipinski definition) is 1. The quantitative estimate of drug-likeness (QED) is 0.314. The van der Waals surface area contributed by atoms with E-state index in [1.54, 1.807) is 48.7 Å². The van der Waals surface area contributed by atoms with Crippen LogP contribution in [0.25, 0.3) is 5.76 Å². The summed E-state index contributed by atoms with van der Waals surface area (Å²) in [7, 11) is 4.46. The van der Waals surface area contributed by atoms with Gasteiger partial charge in [0.2, 0.25) is 5.75 Å². The Hall–Kier alpha value is -4.33. The van der Waals surface area contributed by atoms with Gasteiger partial charge < -0.3 is 24.2 Å². The van der Waals surface area contributed by atoms with Gasteiger partial charge in [-0.2, -0.15) is 0 Å². The van der Waals surface area contributed by atoms with E-state index in [1.807, 2.05) is 19.1 Å². The third-order valence-corrected chi connectivity index (χ3v) is 5.93. The van der Waals surface area contributed by atoms with Crippen LogP contribution in [0.4, 0.5) is 0 Å². The number of aliphatic hydroxyl groups is 1. The van der Waals surface area contributed by atoms with E-state index in [1.165, 1.54) is 26.2 Å². The van der Waals surface area contributed by atoms with Crippen molar-refractivity contribution in [2.45, 2.75) is 19.5 Å². The van der Waals surface area contributed by atoms with Gasteiger partial charge in [-0.3, -0.25) is 14.6 Å². The van der Waals surface area contributed by atoms with Crippen molar-refractivity contribution in [2.24, 2.45) is 0 Å². The minimum absolute atomic E-state index is 0.0240. The summed E-state index contributed by atoms with van der Waals surface area (Å²) in [6.45, 7) is 1.99. The number of amides is 1. The van der Waals surface area contributed by atoms with Crippen LogP contribution in [0.3, 0.4) is 0 Å². The number of pyridine rings is 1. The highest BCUT2D eigenvalue weighted by Crippen LogP contribution is 2.46. The summed E-state index contributed by atoms with van der Waals surface area (Å²) < 4.78 is 16.4. The Morgan fingerprint density at radius 1 is 0.971 bits per heavy atom. The number of carbonyl (C=O) groups excluding carboxylic acids is 2. The van der Waals surface area contributed by atoms with Crippen LogP contribution in [-0.4, -0.2) is 48.0 Å². The molecule has 35 heavy (non-hydrogen) atoms. The molecule has 0 saturated carbocycles. The molecule has 8 nitrogen and oxygen atoms in total. The van der Waals surface area contributed by atoms with Crippen molar-refractivity contribution in [2.75, 3.05) is 21.3 Å². The Morgan fingerprint density at radius 3 is 2.17 bits per heavy atom. The summed E-state index contributed by atoms with van der Waals surface area (Å²) >= 11 is 0. The van der Waals surface area contributed by atoms with Crippen molar-refractivity contribution in [1.82, 2.24) is 9.88 Å². The van der Waals surface area contributed by atoms with Crippen LogP contribution < -0.4 is 14.2 Å². The highest BCUT2D eigenvalue weighted by molar-refractivity contribution is 6.46. The van der Waals surface area contributed by atoms with Gasteiger partial charge in [0.15, 0.2) is 11.5 Å². The molecule has 0 spiro atoms. The second-order valence-electron chi connectivity index (χ2n) is 8.07. The van der Waals surface area contributed by atoms with Crippen LogP contribution >= 0.6 is 0 Å². The number of ketones is 1. The lowest BCUT2D eigenvalue weighted by atomic mass is 9.94. The molecule has 1 saturated heterocycles. The van der Waals surface area contributed by atoms with Crippen LogP contribution in [0.1, 0.15) is 28.4 Å². The molecule has 2 aromatic carbocycles. The zero-order chi connectivity index (χ0) is 25.1. The average molecular weight is 475 g/mol. The minimum Gasteiger partial charge on any atom is -0.507 e. The number of likely N-dealkylation sites (tertiary alicyclic amines) is 1. The van der Waals surface area contributed by atoms with Crippen molar-refractivity contribution in [1.29, 1.82) is 0 Å². The summed E-state index contributed by atoms with van der Waals surface area (Å²) in [5.41, 5.74) is 2.52. The summed E-state index contributed by atoms with van der Waals surface area (Å²) in [6, 6.07) is 14.9. The monoisotopic (exact) mass is 474 g/mol. The number of nitrogens with zero attached hydrogens (tertiary/aromatic N) is 2. The molecule has 0 radical (unpaired) electrons. The molecule has 1 fully saturated rings. The maximum absolute atomic E-state index is 13.3. The fourth-order valence-electron chi connectivity index (χ4n) is 4.18. The molecule has 1 atom stereocenters. The molecule has 180 valence electrons. The molecule has 1 aliphatic rings. The van der Waals surface area contributed by atoms with Crippen molar-refractivity contribution in [3.05, 3.63) is 88.8 Å². The Kier molecular flexibility index (Phi) is 6.73. The molecule has 2 heterocycles. The van der Waals surface area contributed by atoms with E-state index < -0.39 is 17.7 Å². The number of carbonyl (C=O) groups is 2. The first-order chi connectivity index (χ1) is 16.9. The molecule has 8 heteroatoms. The highest BCUT2D eigenvalue weighted by atomic mass is 16.5. The van der Waals surface area contributed by atoms with Gasteiger partial charge in [0, 0.05) is 11.8 Å². The van der Waals surface area contributed by atoms with E-state index in [4.69, 9.17) is 14.2 Å². The predicted octanol–water partition coefficient (Wildman–Crippen LogP) is 4.04. The molecule has 3 aromatic rings. The molecule has 1 aromatic heterocycles. The average Bonchev–Trinajstić information content (AvgIpc) is 3.13. The maximum Gasteiger partial charge on any atom is 0.296 e. The zero-order valence-electron chi connectivity index (χ0n) is 19.9. The van der Waals surface area contributed by atoms with Gasteiger partial charge in [0.25, 0.3) is 11.7 Å². The van der Waals surface area contributed by atoms with Gasteiger partial charge in [-0.1, -0.05) is 35.9 Å². The number of aromatic nitrogens is 1. The Labute approximate surface area is 203 Å². The normalized spacial score (nSPS) is 16.9. The molecule has 4 rings (SSSR count). The Bertz CT molecular complexity index is 1260. The van der Waals surface area contributed by atoms with Crippen LogP contribution in [0.2, 0.25) is 0 Å². The summed E-state index contributed by atoms with van der Waals surface area (Å²) in [5, 5.41) is 11.2. The van der Waals surface area contributed by atoms with E-state index in [0.29, 0.717) is 34.1 Å². The summed E-state index contributed by atoms with van der Waals surface area (Å²) in [4.78, 5) is 32.2. The fraction of sp³-hybridized carbons (Fsp3) is 0.222. The second-order valence-corrected chi connectivity index (χ2v) is 8.07. The van der Waals surface area contributed by atoms with Crippen molar-refractivity contribution >= 4 is 17.4 Å². The molecule has 1 amide bonds. The smallest absolute Gasteiger partial charge is 0.296 e. The van der Waals surface area contributed by atoms with Crippen LogP contribution in [-0.2, 0) is 16.1 Å². The number of aliphatic hydroxyl groups excluding tert-OH is 1. The second kappa shape index (κ2) is 9.89. The molecular weight excluding hydrogens is 448 g/mol. The summed E-state index contributed by atoms with van der Waals surface area (Å²) in [6.07, 6.45) is 1.62. The SMILES string of the molecule is COc1cc(C2/C(=C(\O)c3ccc(C)cc3)C(=O)C(=O)N2Cc2ccccn2)cc(OC)c1OC. The predicted molar refractivity (Wildman–Crippen MR) is 129 cm³/mol. The molecule has 1 aliphatic heterocycles. The van der Waals surface area contributed by atoms with Gasteiger partial charge in [-0.25, -0.2) is 0 Å². The number of methoxy groups -OCH3 is 3. The number of benzene rings is 2. The van der Waals surface area contributed by atoms with Crippen LogP contribution in [0.5, 0.6) is 17.2 Å². The van der Waals surface area contributed by atoms with Crippen molar-refractivity contribution < 1.29 is 28.9 Å².